The summed E-state index contributed by atoms with van der Waals surface area (Å²) in [5.41, 5.74) is 0.772. The van der Waals surface area contributed by atoms with Gasteiger partial charge in [-0.2, -0.15) is 0 Å². The molecule has 138 valence electrons. The van der Waals surface area contributed by atoms with Crippen LogP contribution in [0.2, 0.25) is 5.02 Å². The number of hydrogen-bond acceptors (Lipinski definition) is 6. The zero-order valence-electron chi connectivity index (χ0n) is 13.7. The van der Waals surface area contributed by atoms with Crippen molar-refractivity contribution in [1.82, 2.24) is 5.32 Å². The van der Waals surface area contributed by atoms with Crippen molar-refractivity contribution in [3.63, 3.8) is 0 Å². The number of nitrogens with one attached hydrogen (secondary N) is 1. The first kappa shape index (κ1) is 20.1. The van der Waals surface area contributed by atoms with Gasteiger partial charge in [0.15, 0.2) is 15.9 Å². The molecule has 1 N–H and O–H groups in total. The standard InChI is InChI=1S/C16H20ClNO5S2/c1-11(16(20)18-8-12-4-2-3-5-14(12)17)23-15(19)9-24-13-6-7-25(21,22)10-13/h2-5,11,13H,6-10H2,1H3,(H,18,20)/t11-,13-/m0/s1. The number of amides is 1. The Kier molecular flexibility index (Phi) is 7.15. The average molecular weight is 406 g/mol. The number of ether oxygens (including phenoxy) is 1. The highest BCUT2D eigenvalue weighted by atomic mass is 35.5. The highest BCUT2D eigenvalue weighted by molar-refractivity contribution is 8.02. The zero-order valence-corrected chi connectivity index (χ0v) is 16.1. The Morgan fingerprint density at radius 3 is 2.76 bits per heavy atom. The smallest absolute Gasteiger partial charge is 0.316 e. The number of carbonyl (C=O) groups excluding carboxylic acids is 2. The maximum atomic E-state index is 12.0. The van der Waals surface area contributed by atoms with Gasteiger partial charge in [-0.3, -0.25) is 9.59 Å². The van der Waals surface area contributed by atoms with E-state index in [1.165, 1.54) is 18.7 Å². The molecule has 1 aliphatic heterocycles. The fourth-order valence-corrected chi connectivity index (χ4v) is 5.96. The van der Waals surface area contributed by atoms with E-state index in [1.807, 2.05) is 6.07 Å². The molecule has 0 aliphatic carbocycles. The molecule has 0 unspecified atom stereocenters. The molecule has 0 spiro atoms. The molecule has 2 rings (SSSR count). The van der Waals surface area contributed by atoms with E-state index in [0.29, 0.717) is 11.4 Å². The van der Waals surface area contributed by atoms with E-state index in [1.54, 1.807) is 18.2 Å². The van der Waals surface area contributed by atoms with Crippen LogP contribution in [0.3, 0.4) is 0 Å². The van der Waals surface area contributed by atoms with Crippen LogP contribution in [0.4, 0.5) is 0 Å². The normalized spacial score (nSPS) is 20.0. The third-order valence-electron chi connectivity index (χ3n) is 3.72. The van der Waals surface area contributed by atoms with Crippen LogP contribution in [-0.2, 0) is 30.7 Å². The lowest BCUT2D eigenvalue weighted by molar-refractivity contribution is -0.152. The Morgan fingerprint density at radius 1 is 1.40 bits per heavy atom. The van der Waals surface area contributed by atoms with Gasteiger partial charge in [0.1, 0.15) is 0 Å². The molecular formula is C16H20ClNO5S2. The first-order chi connectivity index (χ1) is 11.8. The second-order valence-corrected chi connectivity index (χ2v) is 9.70. The maximum Gasteiger partial charge on any atom is 0.316 e. The molecular weight excluding hydrogens is 386 g/mol. The second kappa shape index (κ2) is 8.91. The van der Waals surface area contributed by atoms with Crippen molar-refractivity contribution in [3.8, 4) is 0 Å². The summed E-state index contributed by atoms with van der Waals surface area (Å²) in [4.78, 5) is 23.8. The summed E-state index contributed by atoms with van der Waals surface area (Å²) in [5.74, 6) is -0.654. The van der Waals surface area contributed by atoms with Crippen LogP contribution in [0.1, 0.15) is 18.9 Å². The van der Waals surface area contributed by atoms with Crippen molar-refractivity contribution < 1.29 is 22.7 Å². The molecule has 0 bridgehead atoms. The summed E-state index contributed by atoms with van der Waals surface area (Å²) in [6.45, 7) is 1.74. The minimum Gasteiger partial charge on any atom is -0.452 e. The van der Waals surface area contributed by atoms with Gasteiger partial charge in [0.05, 0.1) is 17.3 Å². The lowest BCUT2D eigenvalue weighted by atomic mass is 10.2. The summed E-state index contributed by atoms with van der Waals surface area (Å²) in [6, 6.07) is 7.14. The summed E-state index contributed by atoms with van der Waals surface area (Å²) < 4.78 is 27.8. The van der Waals surface area contributed by atoms with Crippen molar-refractivity contribution >= 4 is 45.1 Å². The van der Waals surface area contributed by atoms with Gasteiger partial charge in [0, 0.05) is 16.8 Å². The minimum atomic E-state index is -2.96. The van der Waals surface area contributed by atoms with Crippen LogP contribution in [0, 0.1) is 0 Å². The van der Waals surface area contributed by atoms with E-state index in [0.717, 1.165) is 5.56 Å². The third-order valence-corrected chi connectivity index (χ3v) is 7.34. The molecule has 6 nitrogen and oxygen atoms in total. The molecule has 0 saturated carbocycles. The first-order valence-corrected chi connectivity index (χ1v) is 11.0. The SMILES string of the molecule is C[C@H](OC(=O)CS[C@H]1CCS(=O)(=O)C1)C(=O)NCc1ccccc1Cl. The van der Waals surface area contributed by atoms with Gasteiger partial charge in [-0.1, -0.05) is 29.8 Å². The lowest BCUT2D eigenvalue weighted by Gasteiger charge is -2.14. The predicted octanol–water partition coefficient (Wildman–Crippen LogP) is 1.81. The van der Waals surface area contributed by atoms with Crippen molar-refractivity contribution in [3.05, 3.63) is 34.9 Å². The Hall–Kier alpha value is -1.25. The van der Waals surface area contributed by atoms with Crippen molar-refractivity contribution in [1.29, 1.82) is 0 Å². The van der Waals surface area contributed by atoms with E-state index in [2.05, 4.69) is 5.32 Å². The number of carbonyl (C=O) groups is 2. The number of hydrogen-bond donors (Lipinski definition) is 1. The van der Waals surface area contributed by atoms with Gasteiger partial charge in [0.25, 0.3) is 5.91 Å². The summed E-state index contributed by atoms with van der Waals surface area (Å²) in [7, 11) is -2.96. The van der Waals surface area contributed by atoms with Gasteiger partial charge in [-0.15, -0.1) is 11.8 Å². The number of benzene rings is 1. The summed E-state index contributed by atoms with van der Waals surface area (Å²) >= 11 is 7.27. The predicted molar refractivity (Wildman–Crippen MR) is 98.4 cm³/mol. The van der Waals surface area contributed by atoms with E-state index in [4.69, 9.17) is 16.3 Å². The summed E-state index contributed by atoms with van der Waals surface area (Å²) in [5, 5.41) is 3.14. The van der Waals surface area contributed by atoms with Crippen molar-refractivity contribution in [2.24, 2.45) is 0 Å². The van der Waals surface area contributed by atoms with E-state index in [9.17, 15) is 18.0 Å². The minimum absolute atomic E-state index is 0.0301. The molecule has 1 aromatic rings. The van der Waals surface area contributed by atoms with E-state index >= 15 is 0 Å². The van der Waals surface area contributed by atoms with Gasteiger partial charge in [0.2, 0.25) is 0 Å². The van der Waals surface area contributed by atoms with Gasteiger partial charge in [-0.05, 0) is 25.0 Å². The molecule has 1 heterocycles. The number of thioether (sulfide) groups is 1. The molecule has 25 heavy (non-hydrogen) atoms. The fraction of sp³-hybridized carbons (Fsp3) is 0.500. The van der Waals surface area contributed by atoms with Crippen LogP contribution in [0.25, 0.3) is 0 Å². The maximum absolute atomic E-state index is 12.0. The van der Waals surface area contributed by atoms with Crippen molar-refractivity contribution in [2.75, 3.05) is 17.3 Å². The topological polar surface area (TPSA) is 89.5 Å². The Labute approximate surface area is 156 Å². The van der Waals surface area contributed by atoms with Crippen molar-refractivity contribution in [2.45, 2.75) is 31.2 Å². The third kappa shape index (κ3) is 6.52. The molecule has 9 heteroatoms. The highest BCUT2D eigenvalue weighted by Crippen LogP contribution is 2.24. The first-order valence-electron chi connectivity index (χ1n) is 7.79. The average Bonchev–Trinajstić information content (AvgIpc) is 2.91. The van der Waals surface area contributed by atoms with Crippen LogP contribution in [0.15, 0.2) is 24.3 Å². The second-order valence-electron chi connectivity index (χ2n) is 5.78. The molecule has 1 aromatic carbocycles. The number of sulfone groups is 1. The fourth-order valence-electron chi connectivity index (χ4n) is 2.33. The zero-order chi connectivity index (χ0) is 18.4. The van der Waals surface area contributed by atoms with Crippen LogP contribution >= 0.6 is 23.4 Å². The number of rotatable bonds is 7. The Bertz CT molecular complexity index is 738. The van der Waals surface area contributed by atoms with Gasteiger partial charge >= 0.3 is 5.97 Å². The number of esters is 1. The molecule has 0 radical (unpaired) electrons. The molecule has 2 atom stereocenters. The van der Waals surface area contributed by atoms with Crippen LogP contribution in [-0.4, -0.2) is 48.9 Å². The number of halogens is 1. The molecule has 1 aliphatic rings. The Balaban J connectivity index is 1.71. The van der Waals surface area contributed by atoms with Crippen LogP contribution < -0.4 is 5.32 Å². The molecule has 1 saturated heterocycles. The molecule has 1 amide bonds. The lowest BCUT2D eigenvalue weighted by Crippen LogP contribution is -2.36. The summed E-state index contributed by atoms with van der Waals surface area (Å²) in [6.07, 6.45) is -0.378. The molecule has 1 fully saturated rings. The highest BCUT2D eigenvalue weighted by Gasteiger charge is 2.29. The monoisotopic (exact) mass is 405 g/mol. The largest absolute Gasteiger partial charge is 0.452 e. The molecule has 0 aromatic heterocycles. The van der Waals surface area contributed by atoms with Gasteiger partial charge < -0.3 is 10.1 Å². The van der Waals surface area contributed by atoms with Crippen LogP contribution in [0.5, 0.6) is 0 Å². The Morgan fingerprint density at radius 2 is 2.12 bits per heavy atom. The van der Waals surface area contributed by atoms with Gasteiger partial charge in [-0.25, -0.2) is 8.42 Å². The quantitative estimate of drug-likeness (QED) is 0.696. The van der Waals surface area contributed by atoms with E-state index < -0.39 is 27.8 Å². The van der Waals surface area contributed by atoms with E-state index in [-0.39, 0.29) is 29.1 Å².